The fraction of sp³-hybridized carbons (Fsp3) is 0.800. The highest BCUT2D eigenvalue weighted by molar-refractivity contribution is 9.25. The van der Waals surface area contributed by atoms with Crippen molar-refractivity contribution in [2.45, 2.75) is 34.7 Å². The molecule has 3 atom stereocenters. The van der Waals surface area contributed by atoms with Crippen molar-refractivity contribution >= 4 is 59.6 Å². The highest BCUT2D eigenvalue weighted by atomic mass is 79.9. The minimum atomic E-state index is -0.515. The lowest BCUT2D eigenvalue weighted by Crippen LogP contribution is -2.48. The van der Waals surface area contributed by atoms with Crippen molar-refractivity contribution in [1.29, 1.82) is 0 Å². The molecule has 0 aromatic rings. The van der Waals surface area contributed by atoms with Crippen LogP contribution in [0.15, 0.2) is 0 Å². The largest absolute Gasteiger partial charge is 0.273 e. The number of carbonyl (C=O) groups is 2. The van der Waals surface area contributed by atoms with Crippen molar-refractivity contribution in [2.24, 2.45) is 10.8 Å². The molecular formula is C10H13Br3N2O2. The SMILES string of the molecule is C[C@@]1(C(=O)NNC(=O)[C@]2(C)CC2(Br)Br)C[C@H]1Br. The molecule has 17 heavy (non-hydrogen) atoms. The zero-order chi connectivity index (χ0) is 13.1. The van der Waals surface area contributed by atoms with Gasteiger partial charge in [0, 0.05) is 4.83 Å². The molecule has 2 rings (SSSR count). The van der Waals surface area contributed by atoms with E-state index >= 15 is 0 Å². The Morgan fingerprint density at radius 1 is 1.18 bits per heavy atom. The highest BCUT2D eigenvalue weighted by Gasteiger charge is 2.67. The molecule has 4 nitrogen and oxygen atoms in total. The predicted octanol–water partition coefficient (Wildman–Crippen LogP) is 2.20. The van der Waals surface area contributed by atoms with Crippen molar-refractivity contribution in [1.82, 2.24) is 10.9 Å². The molecule has 2 N–H and O–H groups in total. The summed E-state index contributed by atoms with van der Waals surface area (Å²) < 4.78 is -0.344. The maximum Gasteiger partial charge on any atom is 0.246 e. The fourth-order valence-electron chi connectivity index (χ4n) is 1.59. The van der Waals surface area contributed by atoms with Crippen LogP contribution in [0.4, 0.5) is 0 Å². The van der Waals surface area contributed by atoms with Gasteiger partial charge in [-0.25, -0.2) is 0 Å². The number of amides is 2. The van der Waals surface area contributed by atoms with Gasteiger partial charge in [-0.15, -0.1) is 0 Å². The zero-order valence-electron chi connectivity index (χ0n) is 9.44. The van der Waals surface area contributed by atoms with Crippen LogP contribution in [0.1, 0.15) is 26.7 Å². The molecule has 7 heteroatoms. The van der Waals surface area contributed by atoms with E-state index < -0.39 is 10.8 Å². The molecule has 0 aromatic carbocycles. The van der Waals surface area contributed by atoms with E-state index in [4.69, 9.17) is 0 Å². The standard InChI is InChI=1S/C10H13Br3N2O2/c1-8(3-5(8)11)6(16)14-15-7(17)9(2)4-10(9,12)13/h5H,3-4H2,1-2H3,(H,14,16)(H,15,17)/t5-,8-,9+/m1/s1. The average Bonchev–Trinajstić information content (AvgIpc) is 2.99. The average molecular weight is 433 g/mol. The highest BCUT2D eigenvalue weighted by Crippen LogP contribution is 2.66. The summed E-state index contributed by atoms with van der Waals surface area (Å²) in [5, 5.41) is 0. The summed E-state index contributed by atoms with van der Waals surface area (Å²) in [4.78, 5) is 23.9. The van der Waals surface area contributed by atoms with Gasteiger partial charge in [-0.2, -0.15) is 0 Å². The molecule has 2 fully saturated rings. The van der Waals surface area contributed by atoms with Crippen LogP contribution in [-0.2, 0) is 9.59 Å². The van der Waals surface area contributed by atoms with Crippen LogP contribution in [0.3, 0.4) is 0 Å². The van der Waals surface area contributed by atoms with Crippen LogP contribution >= 0.6 is 47.8 Å². The summed E-state index contributed by atoms with van der Waals surface area (Å²) in [6, 6.07) is 0. The summed E-state index contributed by atoms with van der Waals surface area (Å²) in [5.41, 5.74) is 4.07. The van der Waals surface area contributed by atoms with Gasteiger partial charge in [0.2, 0.25) is 11.8 Å². The maximum absolute atomic E-state index is 11.9. The molecule has 0 radical (unpaired) electrons. The van der Waals surface area contributed by atoms with E-state index in [1.807, 2.05) is 13.8 Å². The molecule has 2 saturated carbocycles. The van der Waals surface area contributed by atoms with E-state index in [-0.39, 0.29) is 19.9 Å². The molecule has 0 spiro atoms. The molecule has 2 aliphatic rings. The molecule has 0 aromatic heterocycles. The van der Waals surface area contributed by atoms with E-state index in [1.54, 1.807) is 0 Å². The van der Waals surface area contributed by atoms with Crippen LogP contribution in [-0.4, -0.2) is 19.9 Å². The van der Waals surface area contributed by atoms with Crippen LogP contribution < -0.4 is 10.9 Å². The van der Waals surface area contributed by atoms with Gasteiger partial charge in [-0.3, -0.25) is 20.4 Å². The molecule has 0 saturated heterocycles. The van der Waals surface area contributed by atoms with Gasteiger partial charge in [0.15, 0.2) is 0 Å². The molecule has 2 aliphatic carbocycles. The molecule has 2 amide bonds. The van der Waals surface area contributed by atoms with Gasteiger partial charge in [0.25, 0.3) is 0 Å². The second kappa shape index (κ2) is 3.93. The van der Waals surface area contributed by atoms with Gasteiger partial charge >= 0.3 is 0 Å². The van der Waals surface area contributed by atoms with Crippen LogP contribution in [0.25, 0.3) is 0 Å². The smallest absolute Gasteiger partial charge is 0.246 e. The van der Waals surface area contributed by atoms with E-state index in [0.717, 1.165) is 6.42 Å². The van der Waals surface area contributed by atoms with Crippen LogP contribution in [0, 0.1) is 10.8 Å². The Labute approximate surface area is 125 Å². The normalized spacial score (nSPS) is 41.6. The second-order valence-electron chi connectivity index (χ2n) is 5.21. The number of alkyl halides is 3. The lowest BCUT2D eigenvalue weighted by molar-refractivity contribution is -0.133. The summed E-state index contributed by atoms with van der Waals surface area (Å²) in [5.74, 6) is -0.332. The molecule has 0 heterocycles. The molecule has 0 aliphatic heterocycles. The first kappa shape index (κ1) is 13.8. The van der Waals surface area contributed by atoms with Crippen LogP contribution in [0.2, 0.25) is 0 Å². The number of rotatable bonds is 2. The number of halogens is 3. The number of nitrogens with one attached hydrogen (secondary N) is 2. The van der Waals surface area contributed by atoms with E-state index in [9.17, 15) is 9.59 Å². The Bertz CT molecular complexity index is 401. The first-order valence-corrected chi connectivity index (χ1v) is 7.76. The first-order valence-electron chi connectivity index (χ1n) is 5.26. The minimum absolute atomic E-state index is 0.147. The number of hydrogen-bond acceptors (Lipinski definition) is 2. The number of hydrazine groups is 1. The van der Waals surface area contributed by atoms with Gasteiger partial charge < -0.3 is 0 Å². The van der Waals surface area contributed by atoms with Crippen molar-refractivity contribution in [3.05, 3.63) is 0 Å². The molecule has 0 unspecified atom stereocenters. The Balaban J connectivity index is 1.84. The second-order valence-corrected chi connectivity index (χ2v) is 10.1. The zero-order valence-corrected chi connectivity index (χ0v) is 14.2. The predicted molar refractivity (Wildman–Crippen MR) is 75.0 cm³/mol. The Morgan fingerprint density at radius 3 is 1.94 bits per heavy atom. The van der Waals surface area contributed by atoms with Crippen molar-refractivity contribution < 1.29 is 9.59 Å². The third kappa shape index (κ3) is 2.18. The van der Waals surface area contributed by atoms with Gasteiger partial charge in [0.1, 0.15) is 0 Å². The van der Waals surface area contributed by atoms with E-state index in [2.05, 4.69) is 58.6 Å². The fourth-order valence-corrected chi connectivity index (χ4v) is 3.95. The quantitative estimate of drug-likeness (QED) is 0.519. The van der Waals surface area contributed by atoms with Crippen molar-refractivity contribution in [3.8, 4) is 0 Å². The molecular weight excluding hydrogens is 420 g/mol. The lowest BCUT2D eigenvalue weighted by atomic mass is 10.1. The summed E-state index contributed by atoms with van der Waals surface area (Å²) in [6.07, 6.45) is 1.49. The third-order valence-corrected chi connectivity index (χ3v) is 7.35. The summed E-state index contributed by atoms with van der Waals surface area (Å²) in [7, 11) is 0. The number of hydrogen-bond donors (Lipinski definition) is 2. The van der Waals surface area contributed by atoms with Gasteiger partial charge in [-0.1, -0.05) is 47.8 Å². The summed E-state index contributed by atoms with van der Waals surface area (Å²) in [6.45, 7) is 3.70. The molecule has 0 bridgehead atoms. The summed E-state index contributed by atoms with van der Waals surface area (Å²) >= 11 is 10.2. The lowest BCUT2D eigenvalue weighted by Gasteiger charge is -2.15. The Morgan fingerprint density at radius 2 is 1.59 bits per heavy atom. The number of carbonyl (C=O) groups excluding carboxylic acids is 2. The van der Waals surface area contributed by atoms with Crippen LogP contribution in [0.5, 0.6) is 0 Å². The van der Waals surface area contributed by atoms with E-state index in [0.29, 0.717) is 6.42 Å². The van der Waals surface area contributed by atoms with E-state index in [1.165, 1.54) is 0 Å². The van der Waals surface area contributed by atoms with Crippen molar-refractivity contribution in [2.75, 3.05) is 0 Å². The maximum atomic E-state index is 11.9. The van der Waals surface area contributed by atoms with Gasteiger partial charge in [0.05, 0.1) is 14.1 Å². The molecule has 96 valence electrons. The topological polar surface area (TPSA) is 58.2 Å². The Kier molecular flexibility index (Phi) is 3.19. The minimum Gasteiger partial charge on any atom is -0.273 e. The van der Waals surface area contributed by atoms with Gasteiger partial charge in [-0.05, 0) is 26.7 Å². The first-order chi connectivity index (χ1) is 7.63. The monoisotopic (exact) mass is 430 g/mol. The Hall–Kier alpha value is 0.380. The third-order valence-electron chi connectivity index (χ3n) is 3.70. The van der Waals surface area contributed by atoms with Crippen molar-refractivity contribution in [3.63, 3.8) is 0 Å².